The Morgan fingerprint density at radius 2 is 1.85 bits per heavy atom. The van der Waals surface area contributed by atoms with Crippen LogP contribution in [-0.2, 0) is 4.79 Å². The summed E-state index contributed by atoms with van der Waals surface area (Å²) in [5, 5.41) is 11.9. The van der Waals surface area contributed by atoms with Crippen LogP contribution in [0.2, 0.25) is 0 Å². The summed E-state index contributed by atoms with van der Waals surface area (Å²) in [6.07, 6.45) is 3.98. The molecule has 128 valence electrons. The molecule has 4 rings (SSSR count). The molecule has 0 spiro atoms. The topological polar surface area (TPSA) is 59.4 Å². The third kappa shape index (κ3) is 3.43. The number of carboxylic acids is 1. The van der Waals surface area contributed by atoms with Crippen molar-refractivity contribution in [3.05, 3.63) is 71.2 Å². The Morgan fingerprint density at radius 3 is 2.65 bits per heavy atom. The normalized spacial score (nSPS) is 11.4. The largest absolute Gasteiger partial charge is 0.482 e. The number of ether oxygens (including phenoxy) is 1. The third-order valence-electron chi connectivity index (χ3n) is 3.96. The molecule has 5 heteroatoms. The average Bonchev–Trinajstić information content (AvgIpc) is 3.09. The first kappa shape index (κ1) is 16.3. The Hall–Kier alpha value is -3.18. The number of fused-ring (bicyclic) bond motifs is 3. The fourth-order valence-electron chi connectivity index (χ4n) is 2.74. The van der Waals surface area contributed by atoms with E-state index in [-0.39, 0.29) is 6.61 Å². The molecule has 0 fully saturated rings. The minimum atomic E-state index is -0.989. The number of aromatic nitrogens is 1. The average molecular weight is 361 g/mol. The predicted molar refractivity (Wildman–Crippen MR) is 106 cm³/mol. The van der Waals surface area contributed by atoms with Gasteiger partial charge < -0.3 is 9.84 Å². The molecule has 4 nitrogen and oxygen atoms in total. The van der Waals surface area contributed by atoms with E-state index in [2.05, 4.69) is 24.3 Å². The highest BCUT2D eigenvalue weighted by Crippen LogP contribution is 2.30. The molecule has 0 radical (unpaired) electrons. The minimum absolute atomic E-state index is 0.338. The lowest BCUT2D eigenvalue weighted by atomic mass is 10.1. The van der Waals surface area contributed by atoms with Gasteiger partial charge in [-0.1, -0.05) is 48.5 Å². The van der Waals surface area contributed by atoms with Crippen molar-refractivity contribution in [2.75, 3.05) is 6.61 Å². The van der Waals surface area contributed by atoms with Gasteiger partial charge in [-0.2, -0.15) is 0 Å². The summed E-state index contributed by atoms with van der Waals surface area (Å²) < 4.78 is 6.30. The Balaban J connectivity index is 1.56. The van der Waals surface area contributed by atoms with E-state index >= 15 is 0 Å². The molecule has 3 aromatic carbocycles. The fourth-order valence-corrected chi connectivity index (χ4v) is 3.62. The van der Waals surface area contributed by atoms with Crippen molar-refractivity contribution in [3.8, 4) is 5.75 Å². The first-order valence-electron chi connectivity index (χ1n) is 8.10. The molecule has 0 aliphatic rings. The van der Waals surface area contributed by atoms with Crippen molar-refractivity contribution >= 4 is 50.4 Å². The van der Waals surface area contributed by atoms with Crippen LogP contribution in [-0.4, -0.2) is 22.7 Å². The van der Waals surface area contributed by atoms with E-state index in [1.54, 1.807) is 23.5 Å². The number of hydrogen-bond acceptors (Lipinski definition) is 4. The lowest BCUT2D eigenvalue weighted by Gasteiger charge is -2.02. The first-order chi connectivity index (χ1) is 12.7. The lowest BCUT2D eigenvalue weighted by Crippen LogP contribution is -2.09. The van der Waals surface area contributed by atoms with Crippen LogP contribution in [0.1, 0.15) is 10.6 Å². The molecule has 1 heterocycles. The summed E-state index contributed by atoms with van der Waals surface area (Å²) in [6.45, 7) is -0.338. The second kappa shape index (κ2) is 6.98. The van der Waals surface area contributed by atoms with Crippen LogP contribution in [0.25, 0.3) is 33.1 Å². The molecular weight excluding hydrogens is 346 g/mol. The van der Waals surface area contributed by atoms with E-state index in [1.165, 1.54) is 15.5 Å². The van der Waals surface area contributed by atoms with Crippen molar-refractivity contribution in [2.45, 2.75) is 0 Å². The quantitative estimate of drug-likeness (QED) is 0.538. The Bertz CT molecular complexity index is 1110. The second-order valence-electron chi connectivity index (χ2n) is 5.77. The van der Waals surface area contributed by atoms with E-state index in [0.717, 1.165) is 16.1 Å². The summed E-state index contributed by atoms with van der Waals surface area (Å²) in [5.41, 5.74) is 2.03. The molecule has 1 aromatic heterocycles. The molecule has 0 saturated heterocycles. The van der Waals surface area contributed by atoms with Gasteiger partial charge in [-0.15, -0.1) is 11.3 Å². The third-order valence-corrected chi connectivity index (χ3v) is 4.95. The smallest absolute Gasteiger partial charge is 0.341 e. The fraction of sp³-hybridized carbons (Fsp3) is 0.0476. The van der Waals surface area contributed by atoms with Crippen molar-refractivity contribution < 1.29 is 14.6 Å². The van der Waals surface area contributed by atoms with Gasteiger partial charge in [0.05, 0.1) is 10.2 Å². The first-order valence-corrected chi connectivity index (χ1v) is 8.92. The van der Waals surface area contributed by atoms with E-state index < -0.39 is 5.97 Å². The van der Waals surface area contributed by atoms with Gasteiger partial charge in [0, 0.05) is 5.39 Å². The molecule has 0 atom stereocenters. The van der Waals surface area contributed by atoms with Crippen molar-refractivity contribution in [3.63, 3.8) is 0 Å². The maximum atomic E-state index is 10.5. The molecule has 0 aliphatic carbocycles. The number of thiazole rings is 1. The van der Waals surface area contributed by atoms with Crippen LogP contribution in [0.5, 0.6) is 5.75 Å². The van der Waals surface area contributed by atoms with Gasteiger partial charge in [0.25, 0.3) is 0 Å². The number of nitrogens with zero attached hydrogens (tertiary/aromatic N) is 1. The summed E-state index contributed by atoms with van der Waals surface area (Å²) in [4.78, 5) is 15.3. The minimum Gasteiger partial charge on any atom is -0.482 e. The maximum Gasteiger partial charge on any atom is 0.341 e. The summed E-state index contributed by atoms with van der Waals surface area (Å²) >= 11 is 1.66. The highest BCUT2D eigenvalue weighted by Gasteiger charge is 2.05. The van der Waals surface area contributed by atoms with Crippen molar-refractivity contribution in [2.24, 2.45) is 0 Å². The zero-order chi connectivity index (χ0) is 17.9. The van der Waals surface area contributed by atoms with E-state index in [1.807, 2.05) is 36.4 Å². The maximum absolute atomic E-state index is 10.5. The van der Waals surface area contributed by atoms with Crippen LogP contribution in [0.3, 0.4) is 0 Å². The van der Waals surface area contributed by atoms with Gasteiger partial charge >= 0.3 is 5.97 Å². The van der Waals surface area contributed by atoms with Crippen LogP contribution in [0.4, 0.5) is 0 Å². The molecule has 0 saturated carbocycles. The van der Waals surface area contributed by atoms with Crippen molar-refractivity contribution in [1.29, 1.82) is 0 Å². The SMILES string of the molecule is O=C(O)COc1ccc(/C=C/c2nc3c(ccc4ccccc43)s2)cc1. The highest BCUT2D eigenvalue weighted by atomic mass is 32.1. The zero-order valence-corrected chi connectivity index (χ0v) is 14.6. The van der Waals surface area contributed by atoms with Gasteiger partial charge in [-0.05, 0) is 35.2 Å². The molecular formula is C21H15NO3S. The van der Waals surface area contributed by atoms with Crippen LogP contribution in [0, 0.1) is 0 Å². The second-order valence-corrected chi connectivity index (χ2v) is 6.83. The van der Waals surface area contributed by atoms with Crippen LogP contribution < -0.4 is 4.74 Å². The van der Waals surface area contributed by atoms with E-state index in [9.17, 15) is 4.79 Å². The number of rotatable bonds is 5. The summed E-state index contributed by atoms with van der Waals surface area (Å²) in [6, 6.07) is 19.8. The van der Waals surface area contributed by atoms with Gasteiger partial charge in [-0.25, -0.2) is 9.78 Å². The van der Waals surface area contributed by atoms with Gasteiger partial charge in [-0.3, -0.25) is 0 Å². The number of carboxylic acid groups (broad SMARTS) is 1. The monoisotopic (exact) mass is 361 g/mol. The predicted octanol–water partition coefficient (Wildman–Crippen LogP) is 5.08. The molecule has 0 aliphatic heterocycles. The Kier molecular flexibility index (Phi) is 4.37. The highest BCUT2D eigenvalue weighted by molar-refractivity contribution is 7.19. The molecule has 4 aromatic rings. The van der Waals surface area contributed by atoms with E-state index in [4.69, 9.17) is 14.8 Å². The molecule has 0 bridgehead atoms. The van der Waals surface area contributed by atoms with Gasteiger partial charge in [0.1, 0.15) is 10.8 Å². The van der Waals surface area contributed by atoms with Crippen molar-refractivity contribution in [1.82, 2.24) is 4.98 Å². The number of carbonyl (C=O) groups is 1. The molecule has 26 heavy (non-hydrogen) atoms. The summed E-state index contributed by atoms with van der Waals surface area (Å²) in [5.74, 6) is -0.451. The Labute approximate surface area is 154 Å². The lowest BCUT2D eigenvalue weighted by molar-refractivity contribution is -0.139. The number of benzene rings is 3. The number of aliphatic carboxylic acids is 1. The molecule has 0 unspecified atom stereocenters. The zero-order valence-electron chi connectivity index (χ0n) is 13.8. The summed E-state index contributed by atoms with van der Waals surface area (Å²) in [7, 11) is 0. The standard InChI is InChI=1S/C21H15NO3S/c23-20(24)13-25-16-9-5-14(6-10-16)7-12-19-22-21-17-4-2-1-3-15(17)8-11-18(21)26-19/h1-12H,13H2,(H,23,24)/b12-7+. The van der Waals surface area contributed by atoms with E-state index in [0.29, 0.717) is 5.75 Å². The van der Waals surface area contributed by atoms with Gasteiger partial charge in [0.2, 0.25) is 0 Å². The van der Waals surface area contributed by atoms with Crippen LogP contribution >= 0.6 is 11.3 Å². The Morgan fingerprint density at radius 1 is 1.04 bits per heavy atom. The number of hydrogen-bond donors (Lipinski definition) is 1. The molecule has 0 amide bonds. The van der Waals surface area contributed by atoms with Gasteiger partial charge in [0.15, 0.2) is 6.61 Å². The molecule has 1 N–H and O–H groups in total. The van der Waals surface area contributed by atoms with Crippen LogP contribution in [0.15, 0.2) is 60.7 Å².